The Kier molecular flexibility index (Phi) is 1.87. The first kappa shape index (κ1) is 9.24. The van der Waals surface area contributed by atoms with Gasteiger partial charge in [0.25, 0.3) is 0 Å². The third kappa shape index (κ3) is 0.997. The molecule has 73 valence electrons. The lowest BCUT2D eigenvalue weighted by molar-refractivity contribution is 0.502. The summed E-state index contributed by atoms with van der Waals surface area (Å²) in [7, 11) is 0. The number of allylic oxidation sites excluding steroid dienone is 1. The molecule has 0 aliphatic heterocycles. The van der Waals surface area contributed by atoms with Crippen molar-refractivity contribution < 1.29 is 17.6 Å². The maximum absolute atomic E-state index is 13.1. The van der Waals surface area contributed by atoms with Crippen LogP contribution in [-0.4, -0.2) is 0 Å². The Balaban J connectivity index is 2.75. The van der Waals surface area contributed by atoms with E-state index in [4.69, 9.17) is 0 Å². The van der Waals surface area contributed by atoms with E-state index in [-0.39, 0.29) is 11.5 Å². The van der Waals surface area contributed by atoms with Crippen LogP contribution in [0.25, 0.3) is 5.83 Å². The Bertz CT molecular complexity index is 434. The monoisotopic (exact) mass is 201 g/mol. The second kappa shape index (κ2) is 2.83. The number of hydrogen-bond acceptors (Lipinski definition) is 0. The third-order valence-corrected chi connectivity index (χ3v) is 2.24. The van der Waals surface area contributed by atoms with Crippen LogP contribution in [0.1, 0.15) is 18.1 Å². The van der Waals surface area contributed by atoms with Crippen LogP contribution in [0.4, 0.5) is 17.6 Å². The summed E-state index contributed by atoms with van der Waals surface area (Å²) in [6, 6.07) is 2.01. The third-order valence-electron chi connectivity index (χ3n) is 2.24. The molecule has 0 heterocycles. The van der Waals surface area contributed by atoms with E-state index in [1.54, 1.807) is 0 Å². The van der Waals surface area contributed by atoms with Crippen molar-refractivity contribution in [1.29, 1.82) is 0 Å². The second-order valence-electron chi connectivity index (χ2n) is 3.04. The fraction of sp³-hybridized carbons (Fsp3) is 0.100. The topological polar surface area (TPSA) is 0 Å². The van der Waals surface area contributed by atoms with Crippen LogP contribution >= 0.6 is 0 Å². The summed E-state index contributed by atoms with van der Waals surface area (Å²) in [6.45, 7) is 1.32. The molecule has 0 saturated heterocycles. The highest BCUT2D eigenvalue weighted by Crippen LogP contribution is 2.43. The number of benzene rings is 1. The van der Waals surface area contributed by atoms with Crippen LogP contribution in [0.2, 0.25) is 0 Å². The Labute approximate surface area is 77.9 Å². The number of fused-ring (bicyclic) bond motifs is 1. The van der Waals surface area contributed by atoms with Gasteiger partial charge in [0.1, 0.15) is 5.83 Å². The Morgan fingerprint density at radius 1 is 0.929 bits per heavy atom. The molecule has 1 aromatic carbocycles. The fourth-order valence-electron chi connectivity index (χ4n) is 1.47. The summed E-state index contributed by atoms with van der Waals surface area (Å²) in [6.07, 6.45) is 0. The lowest BCUT2D eigenvalue weighted by atomic mass is 10.0. The molecule has 0 nitrogen and oxygen atoms in total. The van der Waals surface area contributed by atoms with Crippen molar-refractivity contribution in [2.24, 2.45) is 0 Å². The zero-order valence-electron chi connectivity index (χ0n) is 7.17. The summed E-state index contributed by atoms with van der Waals surface area (Å²) in [5.41, 5.74) is -0.543. The minimum atomic E-state index is -1.34. The van der Waals surface area contributed by atoms with Crippen LogP contribution in [0.15, 0.2) is 18.0 Å². The molecule has 0 bridgehead atoms. The summed E-state index contributed by atoms with van der Waals surface area (Å²) < 4.78 is 51.8. The minimum Gasteiger partial charge on any atom is -0.208 e. The predicted octanol–water partition coefficient (Wildman–Crippen LogP) is 3.53. The highest BCUT2D eigenvalue weighted by atomic mass is 19.2. The normalized spacial score (nSPS) is 16.4. The molecule has 0 amide bonds. The molecule has 0 fully saturated rings. The zero-order valence-corrected chi connectivity index (χ0v) is 7.17. The molecular weight excluding hydrogens is 196 g/mol. The maximum atomic E-state index is 13.1. The summed E-state index contributed by atoms with van der Waals surface area (Å²) in [5.74, 6) is -4.97. The van der Waals surface area contributed by atoms with E-state index in [1.165, 1.54) is 6.92 Å². The number of hydrogen-bond donors (Lipinski definition) is 0. The molecule has 0 N–H and O–H groups in total. The molecule has 0 unspecified atom stereocenters. The van der Waals surface area contributed by atoms with Gasteiger partial charge in [0.2, 0.25) is 0 Å². The van der Waals surface area contributed by atoms with Crippen molar-refractivity contribution in [2.45, 2.75) is 6.92 Å². The number of halogens is 4. The maximum Gasteiger partial charge on any atom is 0.169 e. The molecular formula is C10H5F4. The highest BCUT2D eigenvalue weighted by molar-refractivity contribution is 5.77. The van der Waals surface area contributed by atoms with E-state index in [0.29, 0.717) is 0 Å². The second-order valence-corrected chi connectivity index (χ2v) is 3.04. The molecule has 4 heteroatoms. The average molecular weight is 201 g/mol. The van der Waals surface area contributed by atoms with E-state index in [1.807, 2.05) is 0 Å². The Morgan fingerprint density at radius 2 is 1.57 bits per heavy atom. The summed E-state index contributed by atoms with van der Waals surface area (Å²) in [4.78, 5) is 0. The predicted molar refractivity (Wildman–Crippen MR) is 43.5 cm³/mol. The van der Waals surface area contributed by atoms with Gasteiger partial charge in [-0.3, -0.25) is 0 Å². The zero-order chi connectivity index (χ0) is 10.5. The fourth-order valence-corrected chi connectivity index (χ4v) is 1.47. The average Bonchev–Trinajstić information content (AvgIpc) is 2.38. The molecule has 1 aliphatic rings. The van der Waals surface area contributed by atoms with Gasteiger partial charge >= 0.3 is 0 Å². The summed E-state index contributed by atoms with van der Waals surface area (Å²) in [5, 5.41) is 0. The largest absolute Gasteiger partial charge is 0.208 e. The Hall–Kier alpha value is -1.32. The van der Waals surface area contributed by atoms with Gasteiger partial charge in [-0.15, -0.1) is 0 Å². The molecule has 0 saturated carbocycles. The van der Waals surface area contributed by atoms with E-state index in [9.17, 15) is 17.6 Å². The molecule has 0 spiro atoms. The molecule has 2 rings (SSSR count). The van der Waals surface area contributed by atoms with Crippen LogP contribution in [0, 0.1) is 17.6 Å². The van der Waals surface area contributed by atoms with E-state index >= 15 is 0 Å². The van der Waals surface area contributed by atoms with Crippen molar-refractivity contribution in [2.75, 3.05) is 0 Å². The molecule has 1 radical (unpaired) electrons. The van der Waals surface area contributed by atoms with Gasteiger partial charge in [-0.2, -0.15) is 0 Å². The van der Waals surface area contributed by atoms with Crippen molar-refractivity contribution in [3.05, 3.63) is 46.6 Å². The van der Waals surface area contributed by atoms with Crippen molar-refractivity contribution in [3.8, 4) is 0 Å². The van der Waals surface area contributed by atoms with Crippen LogP contribution in [0.5, 0.6) is 0 Å². The quantitative estimate of drug-likeness (QED) is 0.563. The molecule has 1 aliphatic carbocycles. The standard InChI is InChI=1S/C10H5F4/c1-4-5-2-3-6(11)9(13)7(5)10(14)8(4)12/h2-3H,1H3. The van der Waals surface area contributed by atoms with Gasteiger partial charge in [-0.1, -0.05) is 6.07 Å². The van der Waals surface area contributed by atoms with Gasteiger partial charge in [0, 0.05) is 0 Å². The minimum absolute atomic E-state index is 0.00333. The van der Waals surface area contributed by atoms with Crippen molar-refractivity contribution in [1.82, 2.24) is 0 Å². The van der Waals surface area contributed by atoms with E-state index in [0.717, 1.165) is 12.1 Å². The first-order valence-corrected chi connectivity index (χ1v) is 3.92. The van der Waals surface area contributed by atoms with Gasteiger partial charge in [-0.25, -0.2) is 17.6 Å². The van der Waals surface area contributed by atoms with Crippen molar-refractivity contribution in [3.63, 3.8) is 0 Å². The van der Waals surface area contributed by atoms with E-state index < -0.39 is 28.9 Å². The van der Waals surface area contributed by atoms with Crippen LogP contribution in [0.3, 0.4) is 0 Å². The van der Waals surface area contributed by atoms with Crippen LogP contribution in [-0.2, 0) is 0 Å². The van der Waals surface area contributed by atoms with Crippen molar-refractivity contribution >= 4 is 5.83 Å². The first-order valence-electron chi connectivity index (χ1n) is 3.92. The molecule has 14 heavy (non-hydrogen) atoms. The number of rotatable bonds is 0. The molecule has 1 aromatic rings. The smallest absolute Gasteiger partial charge is 0.169 e. The van der Waals surface area contributed by atoms with Gasteiger partial charge in [0.05, 0.1) is 11.5 Å². The van der Waals surface area contributed by atoms with E-state index in [2.05, 4.69) is 0 Å². The molecule has 0 aromatic heterocycles. The van der Waals surface area contributed by atoms with Gasteiger partial charge < -0.3 is 0 Å². The highest BCUT2D eigenvalue weighted by Gasteiger charge is 2.33. The lowest BCUT2D eigenvalue weighted by Gasteiger charge is -2.04. The van der Waals surface area contributed by atoms with Gasteiger partial charge in [-0.05, 0) is 18.6 Å². The summed E-state index contributed by atoms with van der Waals surface area (Å²) >= 11 is 0. The van der Waals surface area contributed by atoms with Gasteiger partial charge in [0.15, 0.2) is 17.5 Å². The van der Waals surface area contributed by atoms with Crippen LogP contribution < -0.4 is 0 Å². The lowest BCUT2D eigenvalue weighted by Crippen LogP contribution is -1.95. The first-order chi connectivity index (χ1) is 6.54. The Morgan fingerprint density at radius 3 is 2.21 bits per heavy atom. The SMILES string of the molecule is C[C]1C(F)=C(F)c2c1ccc(F)c2F. The molecule has 0 atom stereocenters.